The van der Waals surface area contributed by atoms with E-state index in [1.54, 1.807) is 54.5 Å². The predicted molar refractivity (Wildman–Crippen MR) is 372 cm³/mol. The van der Waals surface area contributed by atoms with E-state index in [1.807, 2.05) is 90.6 Å². The number of carbonyl (C=O) groups excluding carboxylic acids is 5. The van der Waals surface area contributed by atoms with Crippen LogP contribution < -0.4 is 35.1 Å². The first-order valence-corrected chi connectivity index (χ1v) is 34.3. The van der Waals surface area contributed by atoms with Crippen molar-refractivity contribution in [1.82, 2.24) is 40.1 Å². The summed E-state index contributed by atoms with van der Waals surface area (Å²) in [4.78, 5) is 95.8. The monoisotopic (exact) mass is 1390 g/mol. The summed E-state index contributed by atoms with van der Waals surface area (Å²) in [5.74, 6) is -2.23. The molecule has 0 radical (unpaired) electrons. The Balaban J connectivity index is 1.02. The lowest BCUT2D eigenvalue weighted by Gasteiger charge is -2.43. The molecule has 2 fully saturated rings. The maximum absolute atomic E-state index is 14.4. The molecule has 0 saturated carbocycles. The van der Waals surface area contributed by atoms with Crippen molar-refractivity contribution in [2.24, 2.45) is 0 Å². The Morgan fingerprint density at radius 2 is 1.16 bits per heavy atom. The number of esters is 3. The molecule has 4 aromatic rings. The number of piperazine rings is 1. The highest BCUT2D eigenvalue weighted by molar-refractivity contribution is 5.96. The van der Waals surface area contributed by atoms with E-state index >= 15 is 0 Å². The molecular weight excluding hydrogens is 1290 g/mol. The maximum Gasteiger partial charge on any atom is 0.417 e. The Kier molecular flexibility index (Phi) is 30.9. The third kappa shape index (κ3) is 28.0. The van der Waals surface area contributed by atoms with Crippen LogP contribution in [0, 0.1) is 0 Å². The lowest BCUT2D eigenvalue weighted by Crippen LogP contribution is -2.55. The van der Waals surface area contributed by atoms with Crippen LogP contribution >= 0.6 is 0 Å². The largest absolute Gasteiger partial charge is 0.494 e. The standard InChI is InChI=1S/C72H105F3N10O14/c1-13-53-46-84(67(90)56-22-21-54(94-14-2)44-58(56)72(73,74)75)36-37-85(53)61-24-23-59(57-19-16-17-20-62(57)95-15-3)79-60(61)45-76-25-18-38-96-55-42-51(68(91)92)41-52(43-55)77-26-39-93-40-27-78-63(86)47-80-28-30-81(48-64(87)97-69(4,5)6)32-34-83(50-66(89)99-71(10,11)12)35-33-82(31-29-80)49-65(88)98-70(7,8)9/h16-17,19-24,41-44,53,76-77H,13-15,18,25-40,45-50H2,1-12H3,(H,78,86)(H,91,92). The van der Waals surface area contributed by atoms with Crippen LogP contribution in [0.3, 0.4) is 0 Å². The average molecular weight is 1390 g/mol. The smallest absolute Gasteiger partial charge is 0.417 e. The van der Waals surface area contributed by atoms with Gasteiger partial charge in [0.05, 0.1) is 93.0 Å². The number of nitrogens with one attached hydrogen (secondary N) is 3. The van der Waals surface area contributed by atoms with E-state index in [-0.39, 0.29) is 101 Å². The van der Waals surface area contributed by atoms with E-state index in [2.05, 4.69) is 20.9 Å². The Morgan fingerprint density at radius 3 is 1.71 bits per heavy atom. The first kappa shape index (κ1) is 80.2. The zero-order valence-electron chi connectivity index (χ0n) is 59.9. The molecule has 2 aliphatic heterocycles. The Labute approximate surface area is 581 Å². The van der Waals surface area contributed by atoms with Gasteiger partial charge in [-0.05, 0) is 150 Å². The predicted octanol–water partition coefficient (Wildman–Crippen LogP) is 8.35. The highest BCUT2D eigenvalue weighted by Gasteiger charge is 2.39. The molecular formula is C72H105F3N10O14. The van der Waals surface area contributed by atoms with Crippen LogP contribution in [-0.4, -0.2) is 244 Å². The van der Waals surface area contributed by atoms with Gasteiger partial charge in [0.2, 0.25) is 5.91 Å². The Morgan fingerprint density at radius 1 is 0.596 bits per heavy atom. The summed E-state index contributed by atoms with van der Waals surface area (Å²) in [6.45, 7) is 28.3. The molecule has 1 unspecified atom stereocenters. The number of para-hydroxylation sites is 1. The molecule has 24 nitrogen and oxygen atoms in total. The van der Waals surface area contributed by atoms with Gasteiger partial charge in [0, 0.05) is 115 Å². The summed E-state index contributed by atoms with van der Waals surface area (Å²) in [5, 5.41) is 19.7. The minimum atomic E-state index is -4.77. The van der Waals surface area contributed by atoms with Crippen molar-refractivity contribution in [3.8, 4) is 28.5 Å². The number of amides is 2. The van der Waals surface area contributed by atoms with Crippen LogP contribution in [0.4, 0.5) is 24.5 Å². The second-order valence-electron chi connectivity index (χ2n) is 27.4. The number of hydrogen-bond donors (Lipinski definition) is 4. The molecule has 2 aliphatic rings. The number of carboxylic acid groups (broad SMARTS) is 1. The van der Waals surface area contributed by atoms with Gasteiger partial charge in [-0.1, -0.05) is 19.1 Å². The van der Waals surface area contributed by atoms with Gasteiger partial charge in [-0.15, -0.1) is 0 Å². The van der Waals surface area contributed by atoms with Gasteiger partial charge in [-0.25, -0.2) is 9.78 Å². The number of pyridine rings is 1. The molecule has 3 aromatic carbocycles. The fourth-order valence-electron chi connectivity index (χ4n) is 11.3. The molecule has 2 saturated heterocycles. The van der Waals surface area contributed by atoms with Crippen LogP contribution in [0.1, 0.15) is 128 Å². The lowest BCUT2D eigenvalue weighted by molar-refractivity contribution is -0.158. The van der Waals surface area contributed by atoms with Gasteiger partial charge in [0.15, 0.2) is 0 Å². The average Bonchev–Trinajstić information content (AvgIpc) is 0.783. The molecule has 0 aliphatic carbocycles. The van der Waals surface area contributed by atoms with Gasteiger partial charge in [-0.2, -0.15) is 13.2 Å². The highest BCUT2D eigenvalue weighted by Crippen LogP contribution is 2.37. The summed E-state index contributed by atoms with van der Waals surface area (Å²) in [5.41, 5.74) is -0.0234. The van der Waals surface area contributed by atoms with Crippen molar-refractivity contribution in [3.63, 3.8) is 0 Å². The van der Waals surface area contributed by atoms with Crippen molar-refractivity contribution < 1.29 is 80.2 Å². The van der Waals surface area contributed by atoms with Crippen molar-refractivity contribution in [1.29, 1.82) is 0 Å². The van der Waals surface area contributed by atoms with Gasteiger partial charge >= 0.3 is 30.1 Å². The normalized spacial score (nSPS) is 16.1. The molecule has 99 heavy (non-hydrogen) atoms. The Hall–Kier alpha value is -7.82. The van der Waals surface area contributed by atoms with Gasteiger partial charge in [-0.3, -0.25) is 43.6 Å². The third-order valence-corrected chi connectivity index (χ3v) is 15.8. The van der Waals surface area contributed by atoms with Crippen molar-refractivity contribution in [3.05, 3.63) is 95.2 Å². The van der Waals surface area contributed by atoms with E-state index in [0.717, 1.165) is 17.3 Å². The number of aromatic carboxylic acids is 1. The number of alkyl halides is 3. The molecule has 4 N–H and O–H groups in total. The Bertz CT molecular complexity index is 3240. The molecule has 548 valence electrons. The number of carbonyl (C=O) groups is 6. The second kappa shape index (κ2) is 38.1. The molecule has 0 spiro atoms. The van der Waals surface area contributed by atoms with E-state index in [0.29, 0.717) is 127 Å². The number of ether oxygens (including phenoxy) is 7. The molecule has 3 heterocycles. The minimum absolute atomic E-state index is 0.00435. The van der Waals surface area contributed by atoms with Gasteiger partial charge in [0.25, 0.3) is 5.91 Å². The molecule has 2 amide bonds. The van der Waals surface area contributed by atoms with E-state index in [1.165, 1.54) is 29.2 Å². The van der Waals surface area contributed by atoms with Crippen LogP contribution in [0.25, 0.3) is 11.3 Å². The second-order valence-corrected chi connectivity index (χ2v) is 27.4. The quantitative estimate of drug-likeness (QED) is 0.0210. The number of carboxylic acids is 1. The fourth-order valence-corrected chi connectivity index (χ4v) is 11.3. The topological polar surface area (TPSA) is 256 Å². The number of halogens is 3. The van der Waals surface area contributed by atoms with Crippen LogP contribution in [-0.2, 0) is 50.8 Å². The van der Waals surface area contributed by atoms with Gasteiger partial charge < -0.3 is 64.0 Å². The summed E-state index contributed by atoms with van der Waals surface area (Å²) in [7, 11) is 0. The SMILES string of the molecule is CCOc1ccc(C(=O)N2CCN(c3ccc(-c4ccccc4OCC)nc3CNCCCOc3cc(NCCOCCNC(=O)CN4CCN(CC(=O)OC(C)(C)C)CCN(CC(=O)OC(C)(C)C)CCN(CC(=O)OC(C)(C)C)CC4)cc(C(=O)O)c3)C(CC)C2)c(C(F)(F)F)c1. The minimum Gasteiger partial charge on any atom is -0.494 e. The number of nitrogens with zero attached hydrogens (tertiary/aromatic N) is 7. The molecule has 1 atom stereocenters. The van der Waals surface area contributed by atoms with Crippen LogP contribution in [0.15, 0.2) is 72.8 Å². The summed E-state index contributed by atoms with van der Waals surface area (Å²) >= 11 is 0. The van der Waals surface area contributed by atoms with E-state index < -0.39 is 57.9 Å². The summed E-state index contributed by atoms with van der Waals surface area (Å²) in [6.07, 6.45) is -3.66. The summed E-state index contributed by atoms with van der Waals surface area (Å²) < 4.78 is 83.4. The van der Waals surface area contributed by atoms with Crippen molar-refractivity contribution >= 4 is 47.1 Å². The first-order valence-electron chi connectivity index (χ1n) is 34.3. The molecule has 6 rings (SSSR count). The van der Waals surface area contributed by atoms with Crippen LogP contribution in [0.2, 0.25) is 0 Å². The van der Waals surface area contributed by atoms with E-state index in [9.17, 15) is 47.0 Å². The zero-order valence-corrected chi connectivity index (χ0v) is 59.9. The lowest BCUT2D eigenvalue weighted by atomic mass is 10.0. The zero-order chi connectivity index (χ0) is 72.5. The maximum atomic E-state index is 14.4. The van der Waals surface area contributed by atoms with Crippen molar-refractivity contribution in [2.45, 2.75) is 131 Å². The fraction of sp³-hybridized carbons (Fsp3) is 0.597. The van der Waals surface area contributed by atoms with Crippen LogP contribution in [0.5, 0.6) is 17.2 Å². The first-order chi connectivity index (χ1) is 46.8. The number of rotatable bonds is 31. The number of benzene rings is 3. The van der Waals surface area contributed by atoms with Crippen molar-refractivity contribution in [2.75, 3.05) is 161 Å². The van der Waals surface area contributed by atoms with Gasteiger partial charge in [0.1, 0.15) is 34.1 Å². The highest BCUT2D eigenvalue weighted by atomic mass is 19.4. The molecule has 1 aromatic heterocycles. The molecule has 0 bridgehead atoms. The number of hydrogen-bond acceptors (Lipinski definition) is 21. The van der Waals surface area contributed by atoms with E-state index in [4.69, 9.17) is 38.1 Å². The summed E-state index contributed by atoms with van der Waals surface area (Å²) in [6, 6.07) is 19.4. The molecule has 27 heteroatoms. The number of aromatic nitrogens is 1. The third-order valence-electron chi connectivity index (χ3n) is 15.8. The number of anilines is 2.